The summed E-state index contributed by atoms with van der Waals surface area (Å²) in [7, 11) is -3.31. The summed E-state index contributed by atoms with van der Waals surface area (Å²) < 4.78 is 54.7. The number of piperazine rings is 1. The third kappa shape index (κ3) is 5.25. The molecule has 1 aromatic rings. The fourth-order valence-electron chi connectivity index (χ4n) is 4.26. The van der Waals surface area contributed by atoms with E-state index in [2.05, 4.69) is 20.9 Å². The van der Waals surface area contributed by atoms with E-state index >= 15 is 0 Å². The average Bonchev–Trinajstić information content (AvgIpc) is 3.61. The van der Waals surface area contributed by atoms with Crippen LogP contribution in [-0.4, -0.2) is 86.6 Å². The lowest BCUT2D eigenvalue weighted by atomic mass is 9.99. The van der Waals surface area contributed by atoms with Crippen molar-refractivity contribution in [1.29, 1.82) is 0 Å². The molecule has 0 aromatic carbocycles. The first-order valence-corrected chi connectivity index (χ1v) is 12.5. The highest BCUT2D eigenvalue weighted by Gasteiger charge is 2.41. The molecule has 7 N–H and O–H groups in total. The van der Waals surface area contributed by atoms with E-state index in [0.717, 1.165) is 6.20 Å². The number of amides is 1. The van der Waals surface area contributed by atoms with E-state index in [-0.39, 0.29) is 55.9 Å². The monoisotopic (exact) mass is 488 g/mol. The van der Waals surface area contributed by atoms with Crippen molar-refractivity contribution in [3.05, 3.63) is 18.2 Å². The lowest BCUT2D eigenvalue weighted by Crippen LogP contribution is -2.64. The Kier molecular flexibility index (Phi) is 7.12. The van der Waals surface area contributed by atoms with Gasteiger partial charge in [-0.15, -0.1) is 0 Å². The van der Waals surface area contributed by atoms with Gasteiger partial charge in [0.1, 0.15) is 11.9 Å². The Morgan fingerprint density at radius 2 is 1.79 bits per heavy atom. The molecule has 33 heavy (non-hydrogen) atoms. The van der Waals surface area contributed by atoms with Gasteiger partial charge in [-0.1, -0.05) is 0 Å². The maximum absolute atomic E-state index is 14.8. The Labute approximate surface area is 191 Å². The fourth-order valence-corrected chi connectivity index (χ4v) is 6.08. The number of alkyl halides is 1. The summed E-state index contributed by atoms with van der Waals surface area (Å²) in [6.45, 7) is 1.08. The van der Waals surface area contributed by atoms with E-state index in [1.165, 1.54) is 10.5 Å². The topological polar surface area (TPSA) is 159 Å². The maximum atomic E-state index is 14.8. The van der Waals surface area contributed by atoms with E-state index in [9.17, 15) is 22.0 Å². The molecule has 11 nitrogen and oxygen atoms in total. The first-order valence-electron chi connectivity index (χ1n) is 11.0. The second kappa shape index (κ2) is 9.72. The second-order valence-electron chi connectivity index (χ2n) is 8.63. The molecule has 14 heteroatoms. The van der Waals surface area contributed by atoms with Crippen LogP contribution < -0.4 is 32.3 Å². The molecule has 2 saturated heterocycles. The van der Waals surface area contributed by atoms with Crippen LogP contribution in [0.4, 0.5) is 20.2 Å². The quantitative estimate of drug-likeness (QED) is 0.288. The van der Waals surface area contributed by atoms with E-state index in [1.807, 2.05) is 0 Å². The SMILES string of the molecule is NC(N)C(C(=O)Nc1cncc(F)c1N1CCN(S(=O)(=O)C2CC2)CC1)C1NCC(F)CN1. The maximum Gasteiger partial charge on any atom is 0.233 e. The molecular formula is C19H30F2N8O3S. The first-order chi connectivity index (χ1) is 15.7. The van der Waals surface area contributed by atoms with Crippen LogP contribution in [0.1, 0.15) is 12.8 Å². The largest absolute Gasteiger partial charge is 0.365 e. The van der Waals surface area contributed by atoms with Gasteiger partial charge in [0.25, 0.3) is 0 Å². The van der Waals surface area contributed by atoms with Gasteiger partial charge in [0.15, 0.2) is 5.82 Å². The van der Waals surface area contributed by atoms with Crippen LogP contribution in [0, 0.1) is 11.7 Å². The number of carbonyl (C=O) groups is 1. The summed E-state index contributed by atoms with van der Waals surface area (Å²) in [4.78, 5) is 18.6. The Balaban J connectivity index is 1.48. The molecule has 4 rings (SSSR count). The molecule has 3 fully saturated rings. The minimum atomic E-state index is -3.31. The van der Waals surface area contributed by atoms with Gasteiger partial charge in [-0.25, -0.2) is 17.2 Å². The van der Waals surface area contributed by atoms with Crippen molar-refractivity contribution in [3.8, 4) is 0 Å². The van der Waals surface area contributed by atoms with E-state index in [0.29, 0.717) is 12.8 Å². The Morgan fingerprint density at radius 1 is 1.15 bits per heavy atom. The highest BCUT2D eigenvalue weighted by Crippen LogP contribution is 2.34. The minimum absolute atomic E-state index is 0.0506. The van der Waals surface area contributed by atoms with Crippen LogP contribution in [-0.2, 0) is 14.8 Å². The van der Waals surface area contributed by atoms with E-state index in [1.54, 1.807) is 4.90 Å². The number of halogens is 2. The average molecular weight is 489 g/mol. The predicted octanol–water partition coefficient (Wildman–Crippen LogP) is -1.51. The van der Waals surface area contributed by atoms with Gasteiger partial charge < -0.3 is 21.7 Å². The molecule has 0 radical (unpaired) electrons. The minimum Gasteiger partial charge on any atom is -0.365 e. The number of nitrogens with two attached hydrogens (primary N) is 2. The molecule has 1 amide bonds. The third-order valence-electron chi connectivity index (χ3n) is 6.19. The molecule has 1 aliphatic carbocycles. The predicted molar refractivity (Wildman–Crippen MR) is 119 cm³/mol. The lowest BCUT2D eigenvalue weighted by Gasteiger charge is -2.37. The summed E-state index contributed by atoms with van der Waals surface area (Å²) >= 11 is 0. The summed E-state index contributed by atoms with van der Waals surface area (Å²) in [6, 6.07) is 0. The first kappa shape index (κ1) is 24.2. The van der Waals surface area contributed by atoms with Crippen LogP contribution in [0.15, 0.2) is 12.4 Å². The highest BCUT2D eigenvalue weighted by atomic mass is 32.2. The van der Waals surface area contributed by atoms with Gasteiger partial charge in [0, 0.05) is 39.3 Å². The third-order valence-corrected chi connectivity index (χ3v) is 8.58. The van der Waals surface area contributed by atoms with Crippen molar-refractivity contribution in [1.82, 2.24) is 19.9 Å². The Hall–Kier alpha value is -1.97. The molecular weight excluding hydrogens is 458 g/mol. The number of pyridine rings is 1. The number of nitrogens with zero attached hydrogens (tertiary/aromatic N) is 3. The zero-order chi connectivity index (χ0) is 23.8. The molecule has 184 valence electrons. The fraction of sp³-hybridized carbons (Fsp3) is 0.684. The van der Waals surface area contributed by atoms with Crippen LogP contribution in [0.5, 0.6) is 0 Å². The normalized spacial score (nSPS) is 25.8. The summed E-state index contributed by atoms with van der Waals surface area (Å²) in [5.41, 5.74) is 11.9. The van der Waals surface area contributed by atoms with Crippen molar-refractivity contribution >= 4 is 27.3 Å². The van der Waals surface area contributed by atoms with E-state index < -0.39 is 46.2 Å². The van der Waals surface area contributed by atoms with Gasteiger partial charge in [0.05, 0.1) is 41.6 Å². The number of sulfonamides is 1. The molecule has 3 aliphatic rings. The number of rotatable bonds is 7. The molecule has 1 aromatic heterocycles. The molecule has 1 saturated carbocycles. The smallest absolute Gasteiger partial charge is 0.233 e. The van der Waals surface area contributed by atoms with Crippen molar-refractivity contribution < 1.29 is 22.0 Å². The van der Waals surface area contributed by atoms with Gasteiger partial charge in [-0.05, 0) is 12.8 Å². The number of aromatic nitrogens is 1. The van der Waals surface area contributed by atoms with Crippen molar-refractivity contribution in [2.75, 3.05) is 49.5 Å². The molecule has 3 heterocycles. The summed E-state index contributed by atoms with van der Waals surface area (Å²) in [5.74, 6) is -2.18. The van der Waals surface area contributed by atoms with Crippen molar-refractivity contribution in [2.45, 2.75) is 36.6 Å². The molecule has 0 spiro atoms. The standard InChI is InChI=1S/C19H30F2N8O3S/c20-11-7-25-18(26-8-11)15(17(22)23)19(30)27-14-10-24-9-13(21)16(14)28-3-5-29(6-4-28)33(31,32)12-1-2-12/h9-12,15,17-18,25-26H,1-8,22-23H2,(H,27,30). The molecule has 2 aliphatic heterocycles. The number of carbonyl (C=O) groups excluding carboxylic acids is 1. The van der Waals surface area contributed by atoms with Crippen LogP contribution in [0.25, 0.3) is 0 Å². The van der Waals surface area contributed by atoms with Gasteiger partial charge in [-0.2, -0.15) is 4.31 Å². The zero-order valence-corrected chi connectivity index (χ0v) is 18.9. The second-order valence-corrected chi connectivity index (χ2v) is 10.8. The van der Waals surface area contributed by atoms with Crippen molar-refractivity contribution in [2.24, 2.45) is 17.4 Å². The Bertz CT molecular complexity index is 962. The molecule has 1 atom stereocenters. The number of anilines is 2. The van der Waals surface area contributed by atoms with E-state index in [4.69, 9.17) is 11.5 Å². The Morgan fingerprint density at radius 3 is 2.36 bits per heavy atom. The van der Waals surface area contributed by atoms with Crippen molar-refractivity contribution in [3.63, 3.8) is 0 Å². The van der Waals surface area contributed by atoms with Crippen LogP contribution in [0.2, 0.25) is 0 Å². The zero-order valence-electron chi connectivity index (χ0n) is 18.1. The summed E-state index contributed by atoms with van der Waals surface area (Å²) in [6.07, 6.45) is 0.904. The highest BCUT2D eigenvalue weighted by molar-refractivity contribution is 7.90. The lowest BCUT2D eigenvalue weighted by molar-refractivity contribution is -0.122. The van der Waals surface area contributed by atoms with Gasteiger partial charge in [0.2, 0.25) is 15.9 Å². The van der Waals surface area contributed by atoms with Crippen LogP contribution in [0.3, 0.4) is 0 Å². The van der Waals surface area contributed by atoms with Crippen LogP contribution >= 0.6 is 0 Å². The van der Waals surface area contributed by atoms with Gasteiger partial charge >= 0.3 is 0 Å². The number of nitrogens with one attached hydrogen (secondary N) is 3. The number of hydrogen-bond acceptors (Lipinski definition) is 9. The van der Waals surface area contributed by atoms with Gasteiger partial charge in [-0.3, -0.25) is 20.4 Å². The molecule has 1 unspecified atom stereocenters. The number of hydrogen-bond donors (Lipinski definition) is 5. The summed E-state index contributed by atoms with van der Waals surface area (Å²) in [5, 5.41) is 8.10. The molecule has 0 bridgehead atoms.